The minimum atomic E-state index is -0.624. The molecule has 3 amide bonds. The first kappa shape index (κ1) is 24.9. The van der Waals surface area contributed by atoms with Crippen LogP contribution in [0.5, 0.6) is 0 Å². The van der Waals surface area contributed by atoms with Crippen LogP contribution in [-0.2, 0) is 19.1 Å². The first-order valence-corrected chi connectivity index (χ1v) is 12.1. The molecule has 3 heterocycles. The van der Waals surface area contributed by atoms with Crippen LogP contribution in [0.1, 0.15) is 46.0 Å². The van der Waals surface area contributed by atoms with Crippen molar-refractivity contribution in [1.82, 2.24) is 25.8 Å². The van der Waals surface area contributed by atoms with Crippen molar-refractivity contribution in [3.63, 3.8) is 0 Å². The fraction of sp³-hybridized carbons (Fsp3) is 0.870. The van der Waals surface area contributed by atoms with E-state index in [2.05, 4.69) is 20.9 Å². The van der Waals surface area contributed by atoms with Gasteiger partial charge >= 0.3 is 0 Å². The van der Waals surface area contributed by atoms with E-state index in [1.807, 2.05) is 18.7 Å². The van der Waals surface area contributed by atoms with Gasteiger partial charge in [0.2, 0.25) is 17.7 Å². The maximum atomic E-state index is 12.6. The number of piperidine rings is 1. The second kappa shape index (κ2) is 11.4. The predicted octanol–water partition coefficient (Wildman–Crippen LogP) is -0.0437. The third kappa shape index (κ3) is 6.65. The molecule has 1 spiro atoms. The van der Waals surface area contributed by atoms with Gasteiger partial charge in [0.15, 0.2) is 0 Å². The Labute approximate surface area is 192 Å². The van der Waals surface area contributed by atoms with Gasteiger partial charge in [-0.3, -0.25) is 14.4 Å². The molecule has 0 bridgehead atoms. The van der Waals surface area contributed by atoms with Gasteiger partial charge in [-0.2, -0.15) is 0 Å². The second-order valence-electron chi connectivity index (χ2n) is 10.1. The van der Waals surface area contributed by atoms with Crippen LogP contribution in [0.15, 0.2) is 0 Å². The summed E-state index contributed by atoms with van der Waals surface area (Å²) in [5.41, 5.74) is 0.253. The Hall–Kier alpha value is -1.71. The standard InChI is InChI=1S/C23H41N5O4/c1-17(2)12-19(26-20(29)13-24-3)22(31)25-14-21(30)28-15-23(16-28)6-8-27(9-7-23)18-4-10-32-11-5-18/h17-19,24H,4-16H2,1-3H3,(H,25,31)(H,26,29). The van der Waals surface area contributed by atoms with Gasteiger partial charge in [-0.15, -0.1) is 0 Å². The molecule has 0 saturated carbocycles. The summed E-state index contributed by atoms with van der Waals surface area (Å²) < 4.78 is 5.48. The zero-order valence-electron chi connectivity index (χ0n) is 20.0. The number of likely N-dealkylation sites (N-methyl/N-ethyl adjacent to an activating group) is 1. The van der Waals surface area contributed by atoms with Crippen LogP contribution in [0.2, 0.25) is 0 Å². The average molecular weight is 452 g/mol. The topological polar surface area (TPSA) is 103 Å². The van der Waals surface area contributed by atoms with E-state index in [1.165, 1.54) is 0 Å². The fourth-order valence-corrected chi connectivity index (χ4v) is 5.18. The summed E-state index contributed by atoms with van der Waals surface area (Å²) in [6.45, 7) is 9.68. The molecule has 9 nitrogen and oxygen atoms in total. The predicted molar refractivity (Wildman–Crippen MR) is 122 cm³/mol. The molecule has 3 N–H and O–H groups in total. The van der Waals surface area contributed by atoms with Crippen molar-refractivity contribution in [2.45, 2.75) is 58.0 Å². The third-order valence-corrected chi connectivity index (χ3v) is 7.08. The molecule has 0 aromatic heterocycles. The lowest BCUT2D eigenvalue weighted by Crippen LogP contribution is -2.64. The van der Waals surface area contributed by atoms with E-state index in [4.69, 9.17) is 4.74 Å². The molecule has 32 heavy (non-hydrogen) atoms. The maximum Gasteiger partial charge on any atom is 0.243 e. The van der Waals surface area contributed by atoms with Crippen LogP contribution in [-0.4, -0.2) is 99.1 Å². The lowest BCUT2D eigenvalue weighted by atomic mass is 9.71. The third-order valence-electron chi connectivity index (χ3n) is 7.08. The Morgan fingerprint density at radius 2 is 1.72 bits per heavy atom. The van der Waals surface area contributed by atoms with Gasteiger partial charge in [0.25, 0.3) is 0 Å². The van der Waals surface area contributed by atoms with E-state index in [-0.39, 0.29) is 42.1 Å². The summed E-state index contributed by atoms with van der Waals surface area (Å²) >= 11 is 0. The highest BCUT2D eigenvalue weighted by Gasteiger charge is 2.47. The van der Waals surface area contributed by atoms with Crippen molar-refractivity contribution in [3.8, 4) is 0 Å². The van der Waals surface area contributed by atoms with Crippen molar-refractivity contribution in [2.75, 3.05) is 59.5 Å². The Balaban J connectivity index is 1.39. The number of nitrogens with one attached hydrogen (secondary N) is 3. The summed E-state index contributed by atoms with van der Waals surface area (Å²) in [5.74, 6) is -0.313. The van der Waals surface area contributed by atoms with Gasteiger partial charge in [0, 0.05) is 37.8 Å². The molecule has 3 aliphatic heterocycles. The summed E-state index contributed by atoms with van der Waals surface area (Å²) in [6.07, 6.45) is 5.06. The number of carbonyl (C=O) groups is 3. The highest BCUT2D eigenvalue weighted by molar-refractivity contribution is 5.91. The van der Waals surface area contributed by atoms with Crippen LogP contribution in [0, 0.1) is 11.3 Å². The van der Waals surface area contributed by atoms with Crippen molar-refractivity contribution in [2.24, 2.45) is 11.3 Å². The molecule has 1 unspecified atom stereocenters. The Morgan fingerprint density at radius 1 is 1.06 bits per heavy atom. The molecular formula is C23H41N5O4. The minimum Gasteiger partial charge on any atom is -0.381 e. The summed E-state index contributed by atoms with van der Waals surface area (Å²) in [7, 11) is 1.68. The first-order chi connectivity index (χ1) is 15.3. The van der Waals surface area contributed by atoms with Crippen molar-refractivity contribution < 1.29 is 19.1 Å². The van der Waals surface area contributed by atoms with Crippen LogP contribution in [0.25, 0.3) is 0 Å². The molecule has 0 aromatic carbocycles. The second-order valence-corrected chi connectivity index (χ2v) is 10.1. The number of amides is 3. The minimum absolute atomic E-state index is 0.0143. The van der Waals surface area contributed by atoms with Gasteiger partial charge in [-0.25, -0.2) is 0 Å². The molecule has 3 rings (SSSR count). The molecule has 3 fully saturated rings. The molecule has 0 aliphatic carbocycles. The van der Waals surface area contributed by atoms with Crippen molar-refractivity contribution in [3.05, 3.63) is 0 Å². The molecule has 0 radical (unpaired) electrons. The van der Waals surface area contributed by atoms with Gasteiger partial charge < -0.3 is 30.5 Å². The average Bonchev–Trinajstić information content (AvgIpc) is 2.75. The number of nitrogens with zero attached hydrogens (tertiary/aromatic N) is 2. The maximum absolute atomic E-state index is 12.6. The van der Waals surface area contributed by atoms with E-state index in [0.29, 0.717) is 12.5 Å². The number of hydrogen-bond acceptors (Lipinski definition) is 6. The monoisotopic (exact) mass is 451 g/mol. The van der Waals surface area contributed by atoms with Crippen LogP contribution < -0.4 is 16.0 Å². The zero-order chi connectivity index (χ0) is 23.1. The highest BCUT2D eigenvalue weighted by Crippen LogP contribution is 2.41. The van der Waals surface area contributed by atoms with Crippen LogP contribution in [0.3, 0.4) is 0 Å². The number of carbonyl (C=O) groups excluding carboxylic acids is 3. The SMILES string of the molecule is CNCC(=O)NC(CC(C)C)C(=O)NCC(=O)N1CC2(CCN(C3CCOCC3)CC2)C1. The van der Waals surface area contributed by atoms with E-state index in [9.17, 15) is 14.4 Å². The quantitative estimate of drug-likeness (QED) is 0.455. The summed E-state index contributed by atoms with van der Waals surface area (Å²) in [5, 5.41) is 8.28. The van der Waals surface area contributed by atoms with Gasteiger partial charge in [0.1, 0.15) is 6.04 Å². The fourth-order valence-electron chi connectivity index (χ4n) is 5.18. The largest absolute Gasteiger partial charge is 0.381 e. The molecule has 3 aliphatic rings. The number of likely N-dealkylation sites (tertiary alicyclic amines) is 2. The lowest BCUT2D eigenvalue weighted by molar-refractivity contribution is -0.147. The van der Waals surface area contributed by atoms with Gasteiger partial charge in [-0.1, -0.05) is 13.8 Å². The highest BCUT2D eigenvalue weighted by atomic mass is 16.5. The normalized spacial score (nSPS) is 22.4. The molecule has 1 atom stereocenters. The number of rotatable bonds is 9. The van der Waals surface area contributed by atoms with E-state index in [1.54, 1.807) is 7.05 Å². The molecule has 182 valence electrons. The molecule has 3 saturated heterocycles. The van der Waals surface area contributed by atoms with Crippen LogP contribution >= 0.6 is 0 Å². The first-order valence-electron chi connectivity index (χ1n) is 12.1. The van der Waals surface area contributed by atoms with E-state index >= 15 is 0 Å². The summed E-state index contributed by atoms with van der Waals surface area (Å²) in [6, 6.07) is 0.0300. The zero-order valence-corrected chi connectivity index (χ0v) is 20.0. The lowest BCUT2D eigenvalue weighted by Gasteiger charge is -2.55. The summed E-state index contributed by atoms with van der Waals surface area (Å²) in [4.78, 5) is 41.6. The van der Waals surface area contributed by atoms with Gasteiger partial charge in [0.05, 0.1) is 13.1 Å². The molecule has 0 aromatic rings. The number of hydrogen-bond donors (Lipinski definition) is 3. The smallest absolute Gasteiger partial charge is 0.243 e. The van der Waals surface area contributed by atoms with Crippen molar-refractivity contribution in [1.29, 1.82) is 0 Å². The Bertz CT molecular complexity index is 649. The number of ether oxygens (including phenoxy) is 1. The molecular weight excluding hydrogens is 410 g/mol. The molecule has 9 heteroatoms. The van der Waals surface area contributed by atoms with Crippen LogP contribution in [0.4, 0.5) is 0 Å². The Morgan fingerprint density at radius 3 is 2.31 bits per heavy atom. The van der Waals surface area contributed by atoms with E-state index < -0.39 is 6.04 Å². The van der Waals surface area contributed by atoms with E-state index in [0.717, 1.165) is 65.1 Å². The van der Waals surface area contributed by atoms with Gasteiger partial charge in [-0.05, 0) is 58.2 Å². The Kier molecular flexibility index (Phi) is 8.90. The van der Waals surface area contributed by atoms with Crippen molar-refractivity contribution >= 4 is 17.7 Å².